The summed E-state index contributed by atoms with van der Waals surface area (Å²) in [5, 5.41) is 20.7. The first-order valence-electron chi connectivity index (χ1n) is 12.1. The molecule has 5 rings (SSSR count). The van der Waals surface area contributed by atoms with Crippen molar-refractivity contribution in [2.45, 2.75) is 37.2 Å². The van der Waals surface area contributed by atoms with E-state index in [0.29, 0.717) is 44.7 Å². The third kappa shape index (κ3) is 4.39. The van der Waals surface area contributed by atoms with Gasteiger partial charge in [-0.2, -0.15) is 22.7 Å². The summed E-state index contributed by atoms with van der Waals surface area (Å²) >= 11 is 5.73. The molecule has 0 radical (unpaired) electrons. The van der Waals surface area contributed by atoms with Crippen molar-refractivity contribution in [2.24, 2.45) is 0 Å². The Hall–Kier alpha value is -2.92. The van der Waals surface area contributed by atoms with E-state index in [1.807, 2.05) is 29.2 Å². The normalized spacial score (nSPS) is 22.1. The van der Waals surface area contributed by atoms with Crippen LogP contribution < -0.4 is 14.7 Å². The smallest absolute Gasteiger partial charge is 0.371 e. The van der Waals surface area contributed by atoms with Crippen LogP contribution in [-0.4, -0.2) is 67.1 Å². The largest absolute Gasteiger partial charge is 0.417 e. The number of nitriles is 1. The number of rotatable bonds is 4. The summed E-state index contributed by atoms with van der Waals surface area (Å²) in [7, 11) is -3.23. The zero-order valence-electron chi connectivity index (χ0n) is 20.5. The molecule has 1 unspecified atom stereocenters. The maximum absolute atomic E-state index is 13.6. The third-order valence-electron chi connectivity index (χ3n) is 7.68. The minimum Gasteiger partial charge on any atom is -0.371 e. The lowest BCUT2D eigenvalue weighted by Crippen LogP contribution is -2.57. The highest BCUT2D eigenvalue weighted by Gasteiger charge is 2.59. The summed E-state index contributed by atoms with van der Waals surface area (Å²) < 4.78 is 65.9. The van der Waals surface area contributed by atoms with Gasteiger partial charge in [0, 0.05) is 43.2 Å². The number of sulfonamides is 1. The van der Waals surface area contributed by atoms with Gasteiger partial charge >= 0.3 is 6.18 Å². The Morgan fingerprint density at radius 2 is 1.61 bits per heavy atom. The van der Waals surface area contributed by atoms with E-state index >= 15 is 0 Å². The first kappa shape index (κ1) is 26.7. The number of anilines is 3. The fourth-order valence-corrected chi connectivity index (χ4v) is 6.82. The number of aliphatic hydroxyl groups is 1. The highest BCUT2D eigenvalue weighted by atomic mass is 32.2. The van der Waals surface area contributed by atoms with Crippen LogP contribution in [-0.2, 0) is 16.2 Å². The standard InChI is InChI=1S/C25H26F3N5O3S2/c1-38(35,36)31-13-11-30(12-14-31)18-5-7-19(8-6-18)33-23(37)32(22(34)24(33)9-2-10-24)20-4-3-17(16-29)21(15-20)25(26,27)28/h3-8,15,22,34H,2,9-14H2,1H3. The van der Waals surface area contributed by atoms with E-state index in [4.69, 9.17) is 17.5 Å². The van der Waals surface area contributed by atoms with Crippen molar-refractivity contribution in [1.82, 2.24) is 4.31 Å². The molecule has 3 aliphatic rings. The van der Waals surface area contributed by atoms with E-state index in [1.54, 1.807) is 6.07 Å². The van der Waals surface area contributed by atoms with Gasteiger partial charge in [0.05, 0.1) is 29.0 Å². The first-order valence-corrected chi connectivity index (χ1v) is 14.4. The Morgan fingerprint density at radius 1 is 1.03 bits per heavy atom. The van der Waals surface area contributed by atoms with E-state index in [2.05, 4.69) is 4.90 Å². The summed E-state index contributed by atoms with van der Waals surface area (Å²) in [5.41, 5.74) is -0.652. The monoisotopic (exact) mass is 565 g/mol. The van der Waals surface area contributed by atoms with Gasteiger partial charge in [-0.3, -0.25) is 4.90 Å². The number of aliphatic hydroxyl groups excluding tert-OH is 1. The number of piperazine rings is 1. The van der Waals surface area contributed by atoms with Crippen LogP contribution in [0.15, 0.2) is 42.5 Å². The molecule has 3 fully saturated rings. The van der Waals surface area contributed by atoms with E-state index in [-0.39, 0.29) is 10.8 Å². The average Bonchev–Trinajstić information content (AvgIpc) is 3.09. The quantitative estimate of drug-likeness (QED) is 0.564. The minimum atomic E-state index is -4.73. The number of hydrogen-bond donors (Lipinski definition) is 1. The van der Waals surface area contributed by atoms with Crippen LogP contribution >= 0.6 is 12.2 Å². The van der Waals surface area contributed by atoms with Gasteiger partial charge in [0.1, 0.15) is 0 Å². The molecule has 1 N–H and O–H groups in total. The molecule has 0 aromatic heterocycles. The zero-order chi connectivity index (χ0) is 27.5. The maximum atomic E-state index is 13.6. The van der Waals surface area contributed by atoms with Crippen LogP contribution in [0.25, 0.3) is 0 Å². The molecule has 2 aromatic rings. The summed E-state index contributed by atoms with van der Waals surface area (Å²) in [4.78, 5) is 5.25. The van der Waals surface area contributed by atoms with Gasteiger partial charge in [-0.1, -0.05) is 0 Å². The summed E-state index contributed by atoms with van der Waals surface area (Å²) in [5.74, 6) is 0. The van der Waals surface area contributed by atoms with Crippen molar-refractivity contribution in [3.63, 3.8) is 0 Å². The number of hydrogen-bond acceptors (Lipinski definition) is 6. The molecule has 1 atom stereocenters. The molecule has 2 saturated heterocycles. The van der Waals surface area contributed by atoms with Gasteiger partial charge in [-0.15, -0.1) is 0 Å². The molecule has 0 bridgehead atoms. The minimum absolute atomic E-state index is 0.0722. The second-order valence-electron chi connectivity index (χ2n) is 9.82. The SMILES string of the molecule is CS(=O)(=O)N1CCN(c2ccc(N3C(=S)N(c4ccc(C#N)c(C(F)(F)F)c4)C(O)C34CCC4)cc2)CC1. The molecular formula is C25H26F3N5O3S2. The van der Waals surface area contributed by atoms with Gasteiger partial charge in [0.15, 0.2) is 11.3 Å². The molecule has 1 aliphatic carbocycles. The van der Waals surface area contributed by atoms with Crippen molar-refractivity contribution in [3.05, 3.63) is 53.6 Å². The number of alkyl halides is 3. The highest BCUT2D eigenvalue weighted by Crippen LogP contribution is 2.50. The van der Waals surface area contributed by atoms with Gasteiger partial charge in [-0.05, 0) is 73.9 Å². The van der Waals surface area contributed by atoms with E-state index < -0.39 is 39.1 Å². The van der Waals surface area contributed by atoms with E-state index in [0.717, 1.165) is 24.2 Å². The molecule has 38 heavy (non-hydrogen) atoms. The Labute approximate surface area is 224 Å². The Balaban J connectivity index is 1.43. The van der Waals surface area contributed by atoms with Crippen LogP contribution in [0.4, 0.5) is 30.2 Å². The van der Waals surface area contributed by atoms with Crippen molar-refractivity contribution in [1.29, 1.82) is 5.26 Å². The second kappa shape index (κ2) is 9.37. The molecular weight excluding hydrogens is 539 g/mol. The zero-order valence-corrected chi connectivity index (χ0v) is 22.2. The molecule has 2 aromatic carbocycles. The lowest BCUT2D eigenvalue weighted by atomic mass is 9.74. The fourth-order valence-electron chi connectivity index (χ4n) is 5.50. The van der Waals surface area contributed by atoms with Gasteiger partial charge in [0.25, 0.3) is 0 Å². The lowest BCUT2D eigenvalue weighted by molar-refractivity contribution is -0.137. The maximum Gasteiger partial charge on any atom is 0.417 e. The summed E-state index contributed by atoms with van der Waals surface area (Å²) in [6, 6.07) is 12.4. The van der Waals surface area contributed by atoms with Crippen LogP contribution in [0, 0.1) is 11.3 Å². The van der Waals surface area contributed by atoms with Crippen LogP contribution in [0.2, 0.25) is 0 Å². The number of nitrogens with zero attached hydrogens (tertiary/aromatic N) is 5. The Morgan fingerprint density at radius 3 is 2.11 bits per heavy atom. The van der Waals surface area contributed by atoms with E-state index in [9.17, 15) is 26.7 Å². The van der Waals surface area contributed by atoms with E-state index in [1.165, 1.54) is 21.5 Å². The molecule has 1 saturated carbocycles. The van der Waals surface area contributed by atoms with Crippen LogP contribution in [0.3, 0.4) is 0 Å². The average molecular weight is 566 g/mol. The van der Waals surface area contributed by atoms with Gasteiger partial charge in [0.2, 0.25) is 10.0 Å². The van der Waals surface area contributed by atoms with Gasteiger partial charge < -0.3 is 14.9 Å². The number of halogens is 3. The molecule has 13 heteroatoms. The molecule has 0 amide bonds. The Bertz CT molecular complexity index is 1400. The van der Waals surface area contributed by atoms with Crippen molar-refractivity contribution in [2.75, 3.05) is 47.1 Å². The predicted molar refractivity (Wildman–Crippen MR) is 141 cm³/mol. The summed E-state index contributed by atoms with van der Waals surface area (Å²) in [6.45, 7) is 1.88. The Kier molecular flexibility index (Phi) is 6.58. The van der Waals surface area contributed by atoms with Gasteiger partial charge in [-0.25, -0.2) is 8.42 Å². The molecule has 1 spiro atoms. The fraction of sp³-hybridized carbons (Fsp3) is 0.440. The lowest BCUT2D eigenvalue weighted by Gasteiger charge is -2.47. The number of thiocarbonyl (C=S) groups is 1. The molecule has 2 heterocycles. The number of benzene rings is 2. The first-order chi connectivity index (χ1) is 17.9. The van der Waals surface area contributed by atoms with Crippen LogP contribution in [0.1, 0.15) is 30.4 Å². The van der Waals surface area contributed by atoms with Crippen molar-refractivity contribution >= 4 is 44.4 Å². The molecule has 2 aliphatic heterocycles. The van der Waals surface area contributed by atoms with Crippen molar-refractivity contribution < 1.29 is 26.7 Å². The molecule has 202 valence electrons. The topological polar surface area (TPSA) is 91.1 Å². The predicted octanol–water partition coefficient (Wildman–Crippen LogP) is 3.51. The third-order valence-corrected chi connectivity index (χ3v) is 9.36. The highest BCUT2D eigenvalue weighted by molar-refractivity contribution is 7.88. The van der Waals surface area contributed by atoms with Crippen molar-refractivity contribution in [3.8, 4) is 6.07 Å². The second-order valence-corrected chi connectivity index (χ2v) is 12.2. The molecule has 8 nitrogen and oxygen atoms in total. The van der Waals surface area contributed by atoms with Crippen LogP contribution in [0.5, 0.6) is 0 Å². The summed E-state index contributed by atoms with van der Waals surface area (Å²) in [6.07, 6.45) is -2.63.